The third-order valence-electron chi connectivity index (χ3n) is 5.44. The van der Waals surface area contributed by atoms with Crippen LogP contribution in [0.5, 0.6) is 0 Å². The van der Waals surface area contributed by atoms with Crippen LogP contribution in [0.25, 0.3) is 0 Å². The molecule has 3 fully saturated rings. The summed E-state index contributed by atoms with van der Waals surface area (Å²) >= 11 is 2.00. The summed E-state index contributed by atoms with van der Waals surface area (Å²) in [4.78, 5) is 12.6. The minimum atomic E-state index is 0. The van der Waals surface area contributed by atoms with E-state index in [0.717, 1.165) is 12.2 Å². The highest BCUT2D eigenvalue weighted by atomic mass is 35.5. The van der Waals surface area contributed by atoms with Gasteiger partial charge >= 0.3 is 0 Å². The average Bonchev–Trinajstić information content (AvgIpc) is 3.06. The van der Waals surface area contributed by atoms with E-state index < -0.39 is 0 Å². The van der Waals surface area contributed by atoms with Gasteiger partial charge in [0.25, 0.3) is 0 Å². The minimum Gasteiger partial charge on any atom is -0.352 e. The van der Waals surface area contributed by atoms with Crippen LogP contribution in [-0.4, -0.2) is 29.0 Å². The van der Waals surface area contributed by atoms with Crippen LogP contribution < -0.4 is 11.1 Å². The van der Waals surface area contributed by atoms with E-state index in [1.807, 2.05) is 11.8 Å². The molecular weight excluding hydrogens is 292 g/mol. The van der Waals surface area contributed by atoms with Gasteiger partial charge in [-0.3, -0.25) is 4.79 Å². The third-order valence-corrected chi connectivity index (χ3v) is 6.77. The van der Waals surface area contributed by atoms with Crippen molar-refractivity contribution in [3.63, 3.8) is 0 Å². The van der Waals surface area contributed by atoms with Crippen molar-refractivity contribution in [2.75, 3.05) is 5.75 Å². The predicted octanol–water partition coefficient (Wildman–Crippen LogP) is 2.57. The Labute approximate surface area is 132 Å². The van der Waals surface area contributed by atoms with Crippen LogP contribution in [0.15, 0.2) is 0 Å². The van der Waals surface area contributed by atoms with E-state index in [4.69, 9.17) is 5.73 Å². The molecule has 3 saturated carbocycles. The van der Waals surface area contributed by atoms with Gasteiger partial charge < -0.3 is 11.1 Å². The molecule has 6 atom stereocenters. The Hall–Kier alpha value is 0.0700. The molecule has 3 rings (SSSR count). The summed E-state index contributed by atoms with van der Waals surface area (Å²) in [7, 11) is 0. The lowest BCUT2D eigenvalue weighted by atomic mass is 9.84. The van der Waals surface area contributed by atoms with E-state index in [0.29, 0.717) is 23.1 Å². The van der Waals surface area contributed by atoms with Crippen molar-refractivity contribution in [3.8, 4) is 0 Å². The Morgan fingerprint density at radius 3 is 2.65 bits per heavy atom. The number of hydrogen-bond donors (Lipinski definition) is 2. The van der Waals surface area contributed by atoms with Gasteiger partial charge in [0.15, 0.2) is 0 Å². The second kappa shape index (κ2) is 6.89. The van der Waals surface area contributed by atoms with Crippen molar-refractivity contribution < 1.29 is 4.79 Å². The lowest BCUT2D eigenvalue weighted by Gasteiger charge is -2.29. The highest BCUT2D eigenvalue weighted by molar-refractivity contribution is 7.99. The first-order chi connectivity index (χ1) is 9.20. The van der Waals surface area contributed by atoms with Gasteiger partial charge in [-0.15, -0.1) is 12.4 Å². The number of nitrogens with one attached hydrogen (secondary N) is 1. The number of carbonyl (C=O) groups excluding carboxylic acids is 1. The largest absolute Gasteiger partial charge is 0.352 e. The van der Waals surface area contributed by atoms with Crippen molar-refractivity contribution in [1.82, 2.24) is 5.32 Å². The zero-order chi connectivity index (χ0) is 13.4. The van der Waals surface area contributed by atoms with Crippen LogP contribution in [0.4, 0.5) is 0 Å². The summed E-state index contributed by atoms with van der Waals surface area (Å²) in [6.45, 7) is 2.20. The van der Waals surface area contributed by atoms with Crippen molar-refractivity contribution >= 4 is 30.1 Å². The van der Waals surface area contributed by atoms with Crippen LogP contribution in [0.2, 0.25) is 0 Å². The Morgan fingerprint density at radius 1 is 1.25 bits per heavy atom. The van der Waals surface area contributed by atoms with Crippen LogP contribution in [-0.2, 0) is 4.79 Å². The SMILES string of the molecule is CCSC1CCCC1NC(=O)C1C2CCC(C2)C1N.Cl. The second-order valence-corrected chi connectivity index (χ2v) is 7.99. The monoisotopic (exact) mass is 318 g/mol. The standard InChI is InChI=1S/C15H26N2OS.ClH/c1-2-19-12-5-3-4-11(12)17-15(18)13-9-6-7-10(8-9)14(13)16;/h9-14H,2-8,16H2,1H3,(H,17,18);1H. The summed E-state index contributed by atoms with van der Waals surface area (Å²) in [5, 5.41) is 3.96. The topological polar surface area (TPSA) is 55.1 Å². The number of halogens is 1. The summed E-state index contributed by atoms with van der Waals surface area (Å²) in [6, 6.07) is 0.515. The quantitative estimate of drug-likeness (QED) is 0.837. The molecule has 20 heavy (non-hydrogen) atoms. The lowest BCUT2D eigenvalue weighted by molar-refractivity contribution is -0.127. The van der Waals surface area contributed by atoms with E-state index in [9.17, 15) is 4.79 Å². The number of nitrogens with two attached hydrogens (primary N) is 1. The number of carbonyl (C=O) groups is 1. The van der Waals surface area contributed by atoms with Gasteiger partial charge in [0.1, 0.15) is 0 Å². The molecule has 3 nitrogen and oxygen atoms in total. The summed E-state index contributed by atoms with van der Waals surface area (Å²) in [5.41, 5.74) is 6.27. The Balaban J connectivity index is 0.00000147. The smallest absolute Gasteiger partial charge is 0.225 e. The van der Waals surface area contributed by atoms with Gasteiger partial charge in [-0.1, -0.05) is 13.3 Å². The number of rotatable bonds is 4. The van der Waals surface area contributed by atoms with Gasteiger partial charge in [0.05, 0.1) is 5.92 Å². The Kier molecular flexibility index (Phi) is 5.66. The van der Waals surface area contributed by atoms with Crippen molar-refractivity contribution in [3.05, 3.63) is 0 Å². The maximum atomic E-state index is 12.6. The van der Waals surface area contributed by atoms with Crippen LogP contribution in [0.3, 0.4) is 0 Å². The molecule has 0 saturated heterocycles. The Morgan fingerprint density at radius 2 is 2.00 bits per heavy atom. The first kappa shape index (κ1) is 16.4. The fourth-order valence-electron chi connectivity index (χ4n) is 4.51. The first-order valence-electron chi connectivity index (χ1n) is 7.88. The third kappa shape index (κ3) is 2.97. The van der Waals surface area contributed by atoms with Gasteiger partial charge in [0, 0.05) is 17.3 Å². The number of amides is 1. The van der Waals surface area contributed by atoms with Gasteiger partial charge in [-0.05, 0) is 49.7 Å². The zero-order valence-electron chi connectivity index (χ0n) is 12.2. The Bertz CT molecular complexity index is 353. The van der Waals surface area contributed by atoms with E-state index in [2.05, 4.69) is 12.2 Å². The number of hydrogen-bond acceptors (Lipinski definition) is 3. The van der Waals surface area contributed by atoms with Crippen molar-refractivity contribution in [2.45, 2.75) is 62.8 Å². The molecule has 3 N–H and O–H groups in total. The highest BCUT2D eigenvalue weighted by Crippen LogP contribution is 2.47. The number of thioether (sulfide) groups is 1. The van der Waals surface area contributed by atoms with Crippen LogP contribution in [0, 0.1) is 17.8 Å². The van der Waals surface area contributed by atoms with Gasteiger partial charge in [0.2, 0.25) is 5.91 Å². The molecule has 1 amide bonds. The highest BCUT2D eigenvalue weighted by Gasteiger charge is 2.49. The molecule has 0 heterocycles. The summed E-state index contributed by atoms with van der Waals surface area (Å²) < 4.78 is 0. The zero-order valence-corrected chi connectivity index (χ0v) is 13.8. The fraction of sp³-hybridized carbons (Fsp3) is 0.933. The maximum Gasteiger partial charge on any atom is 0.225 e. The molecule has 0 aromatic rings. The van der Waals surface area contributed by atoms with E-state index in [1.165, 1.54) is 32.1 Å². The molecule has 6 unspecified atom stereocenters. The molecule has 0 aromatic heterocycles. The molecule has 0 aliphatic heterocycles. The van der Waals surface area contributed by atoms with Gasteiger partial charge in [-0.25, -0.2) is 0 Å². The molecular formula is C15H27ClN2OS. The molecule has 0 radical (unpaired) electrons. The summed E-state index contributed by atoms with van der Waals surface area (Å²) in [5.74, 6) is 2.69. The molecule has 0 aromatic carbocycles. The van der Waals surface area contributed by atoms with Crippen LogP contribution >= 0.6 is 24.2 Å². The van der Waals surface area contributed by atoms with Crippen molar-refractivity contribution in [2.24, 2.45) is 23.5 Å². The van der Waals surface area contributed by atoms with E-state index in [1.54, 1.807) is 0 Å². The average molecular weight is 319 g/mol. The normalized spacial score (nSPS) is 42.5. The van der Waals surface area contributed by atoms with E-state index >= 15 is 0 Å². The molecule has 2 bridgehead atoms. The minimum absolute atomic E-state index is 0. The predicted molar refractivity (Wildman–Crippen MR) is 87.2 cm³/mol. The molecule has 0 spiro atoms. The fourth-order valence-corrected chi connectivity index (χ4v) is 5.71. The van der Waals surface area contributed by atoms with Crippen molar-refractivity contribution in [1.29, 1.82) is 0 Å². The number of fused-ring (bicyclic) bond motifs is 2. The lowest BCUT2D eigenvalue weighted by Crippen LogP contribution is -2.49. The van der Waals surface area contributed by atoms with E-state index in [-0.39, 0.29) is 30.3 Å². The summed E-state index contributed by atoms with van der Waals surface area (Å²) in [6.07, 6.45) is 7.32. The van der Waals surface area contributed by atoms with Gasteiger partial charge in [-0.2, -0.15) is 11.8 Å². The molecule has 3 aliphatic carbocycles. The maximum absolute atomic E-state index is 12.6. The molecule has 116 valence electrons. The molecule has 3 aliphatic rings. The first-order valence-corrected chi connectivity index (χ1v) is 8.93. The molecule has 5 heteroatoms. The van der Waals surface area contributed by atoms with Crippen LogP contribution in [0.1, 0.15) is 45.4 Å². The second-order valence-electron chi connectivity index (χ2n) is 6.48.